The standard InChI is InChI=1S/C10H11NO2/c11-9-7-4-2-1-3-6(7)5-8(9)10(12)13/h1-4,8-9H,5,11H2,(H,12,13)/t8-,9-/m0/s1. The molecule has 0 heterocycles. The van der Waals surface area contributed by atoms with E-state index in [-0.39, 0.29) is 6.04 Å². The van der Waals surface area contributed by atoms with E-state index in [2.05, 4.69) is 0 Å². The van der Waals surface area contributed by atoms with Gasteiger partial charge in [-0.25, -0.2) is 0 Å². The molecule has 3 N–H and O–H groups in total. The average Bonchev–Trinajstić information content (AvgIpc) is 2.45. The third-order valence-corrected chi connectivity index (χ3v) is 2.60. The van der Waals surface area contributed by atoms with Crippen molar-refractivity contribution in [2.75, 3.05) is 0 Å². The Kier molecular flexibility index (Phi) is 1.81. The zero-order valence-electron chi connectivity index (χ0n) is 7.10. The second-order valence-corrected chi connectivity index (χ2v) is 3.37. The van der Waals surface area contributed by atoms with Crippen LogP contribution in [0.25, 0.3) is 0 Å². The van der Waals surface area contributed by atoms with Gasteiger partial charge in [-0.1, -0.05) is 24.3 Å². The van der Waals surface area contributed by atoms with Crippen LogP contribution in [0, 0.1) is 5.92 Å². The van der Waals surface area contributed by atoms with Crippen LogP contribution in [-0.2, 0) is 11.2 Å². The SMILES string of the molecule is N[C@H]1c2ccccc2C[C@@H]1C(=O)O. The van der Waals surface area contributed by atoms with E-state index >= 15 is 0 Å². The third-order valence-electron chi connectivity index (χ3n) is 2.60. The van der Waals surface area contributed by atoms with E-state index in [0.717, 1.165) is 11.1 Å². The molecule has 2 atom stereocenters. The molecule has 3 nitrogen and oxygen atoms in total. The Balaban J connectivity index is 2.38. The smallest absolute Gasteiger partial charge is 0.308 e. The van der Waals surface area contributed by atoms with Crippen molar-refractivity contribution in [1.82, 2.24) is 0 Å². The van der Waals surface area contributed by atoms with Gasteiger partial charge in [0.25, 0.3) is 0 Å². The summed E-state index contributed by atoms with van der Waals surface area (Å²) in [7, 11) is 0. The molecular formula is C10H11NO2. The van der Waals surface area contributed by atoms with E-state index in [0.29, 0.717) is 6.42 Å². The number of carboxylic acid groups (broad SMARTS) is 1. The van der Waals surface area contributed by atoms with Crippen LogP contribution < -0.4 is 5.73 Å². The van der Waals surface area contributed by atoms with Gasteiger partial charge in [0.05, 0.1) is 5.92 Å². The number of fused-ring (bicyclic) bond motifs is 1. The summed E-state index contributed by atoms with van der Waals surface area (Å²) in [6.45, 7) is 0. The molecule has 1 aliphatic rings. The van der Waals surface area contributed by atoms with Crippen LogP contribution in [0.4, 0.5) is 0 Å². The number of nitrogens with two attached hydrogens (primary N) is 1. The normalized spacial score (nSPS) is 25.6. The molecule has 3 heteroatoms. The molecule has 0 saturated carbocycles. The number of hydrogen-bond donors (Lipinski definition) is 2. The van der Waals surface area contributed by atoms with Crippen molar-refractivity contribution >= 4 is 5.97 Å². The van der Waals surface area contributed by atoms with Crippen molar-refractivity contribution in [3.8, 4) is 0 Å². The lowest BCUT2D eigenvalue weighted by Gasteiger charge is -2.09. The molecule has 0 amide bonds. The average molecular weight is 177 g/mol. The molecule has 0 fully saturated rings. The van der Waals surface area contributed by atoms with Crippen LogP contribution in [-0.4, -0.2) is 11.1 Å². The first-order valence-corrected chi connectivity index (χ1v) is 4.26. The minimum absolute atomic E-state index is 0.339. The first-order valence-electron chi connectivity index (χ1n) is 4.26. The molecule has 0 saturated heterocycles. The van der Waals surface area contributed by atoms with Crippen LogP contribution in [0.3, 0.4) is 0 Å². The highest BCUT2D eigenvalue weighted by atomic mass is 16.4. The number of carboxylic acids is 1. The summed E-state index contributed by atoms with van der Waals surface area (Å²) in [4.78, 5) is 10.8. The Morgan fingerprint density at radius 3 is 2.77 bits per heavy atom. The fourth-order valence-corrected chi connectivity index (χ4v) is 1.87. The quantitative estimate of drug-likeness (QED) is 0.671. The minimum atomic E-state index is -0.802. The van der Waals surface area contributed by atoms with Crippen molar-refractivity contribution < 1.29 is 9.90 Å². The third kappa shape index (κ3) is 1.21. The van der Waals surface area contributed by atoms with Gasteiger partial charge in [0.2, 0.25) is 0 Å². The molecule has 1 aliphatic carbocycles. The van der Waals surface area contributed by atoms with Crippen LogP contribution in [0.15, 0.2) is 24.3 Å². The predicted octanol–water partition coefficient (Wildman–Crippen LogP) is 0.943. The highest BCUT2D eigenvalue weighted by molar-refractivity contribution is 5.73. The molecule has 0 aromatic heterocycles. The van der Waals surface area contributed by atoms with Gasteiger partial charge in [0.15, 0.2) is 0 Å². The predicted molar refractivity (Wildman–Crippen MR) is 48.2 cm³/mol. The molecular weight excluding hydrogens is 166 g/mol. The van der Waals surface area contributed by atoms with Gasteiger partial charge in [-0.05, 0) is 17.5 Å². The monoisotopic (exact) mass is 177 g/mol. The molecule has 1 aromatic rings. The Bertz CT molecular complexity index is 349. The largest absolute Gasteiger partial charge is 0.481 e. The van der Waals surface area contributed by atoms with E-state index < -0.39 is 11.9 Å². The number of hydrogen-bond acceptors (Lipinski definition) is 2. The Hall–Kier alpha value is -1.35. The maximum Gasteiger partial charge on any atom is 0.308 e. The molecule has 68 valence electrons. The number of carbonyl (C=O) groups is 1. The molecule has 0 bridgehead atoms. The van der Waals surface area contributed by atoms with Crippen LogP contribution in [0.2, 0.25) is 0 Å². The highest BCUT2D eigenvalue weighted by Crippen LogP contribution is 2.33. The zero-order chi connectivity index (χ0) is 9.42. The molecule has 0 aliphatic heterocycles. The van der Waals surface area contributed by atoms with Crippen molar-refractivity contribution in [1.29, 1.82) is 0 Å². The fourth-order valence-electron chi connectivity index (χ4n) is 1.87. The number of rotatable bonds is 1. The second-order valence-electron chi connectivity index (χ2n) is 3.37. The van der Waals surface area contributed by atoms with Crippen LogP contribution in [0.5, 0.6) is 0 Å². The summed E-state index contributed by atoms with van der Waals surface area (Å²) in [6.07, 6.45) is 0.562. The van der Waals surface area contributed by atoms with E-state index in [1.54, 1.807) is 0 Å². The van der Waals surface area contributed by atoms with Crippen molar-refractivity contribution in [3.63, 3.8) is 0 Å². The first kappa shape index (κ1) is 8.26. The van der Waals surface area contributed by atoms with Gasteiger partial charge in [0.1, 0.15) is 0 Å². The fraction of sp³-hybridized carbons (Fsp3) is 0.300. The Morgan fingerprint density at radius 1 is 1.46 bits per heavy atom. The molecule has 0 radical (unpaired) electrons. The summed E-state index contributed by atoms with van der Waals surface area (Å²) >= 11 is 0. The van der Waals surface area contributed by atoms with E-state index in [4.69, 9.17) is 10.8 Å². The van der Waals surface area contributed by atoms with Gasteiger partial charge < -0.3 is 10.8 Å². The van der Waals surface area contributed by atoms with Crippen molar-refractivity contribution in [3.05, 3.63) is 35.4 Å². The van der Waals surface area contributed by atoms with E-state index in [1.807, 2.05) is 24.3 Å². The maximum atomic E-state index is 10.8. The lowest BCUT2D eigenvalue weighted by molar-refractivity contribution is -0.142. The summed E-state index contributed by atoms with van der Waals surface area (Å²) < 4.78 is 0. The number of aliphatic carboxylic acids is 1. The van der Waals surface area contributed by atoms with E-state index in [9.17, 15) is 4.79 Å². The summed E-state index contributed by atoms with van der Waals surface area (Å²) in [5, 5.41) is 8.88. The Morgan fingerprint density at radius 2 is 2.15 bits per heavy atom. The lowest BCUT2D eigenvalue weighted by atomic mass is 10.0. The van der Waals surface area contributed by atoms with Crippen LogP contribution >= 0.6 is 0 Å². The van der Waals surface area contributed by atoms with Crippen molar-refractivity contribution in [2.24, 2.45) is 11.7 Å². The van der Waals surface area contributed by atoms with E-state index in [1.165, 1.54) is 0 Å². The second kappa shape index (κ2) is 2.85. The molecule has 0 spiro atoms. The molecule has 13 heavy (non-hydrogen) atoms. The first-order chi connectivity index (χ1) is 6.20. The van der Waals surface area contributed by atoms with Crippen molar-refractivity contribution in [2.45, 2.75) is 12.5 Å². The summed E-state index contributed by atoms with van der Waals surface area (Å²) in [6, 6.07) is 7.31. The van der Waals surface area contributed by atoms with Gasteiger partial charge in [-0.3, -0.25) is 4.79 Å². The molecule has 0 unspecified atom stereocenters. The lowest BCUT2D eigenvalue weighted by Crippen LogP contribution is -2.24. The van der Waals surface area contributed by atoms with Gasteiger partial charge >= 0.3 is 5.97 Å². The number of benzene rings is 1. The minimum Gasteiger partial charge on any atom is -0.481 e. The van der Waals surface area contributed by atoms with Gasteiger partial charge in [-0.15, -0.1) is 0 Å². The molecule has 1 aromatic carbocycles. The maximum absolute atomic E-state index is 10.8. The summed E-state index contributed by atoms with van der Waals surface area (Å²) in [5.41, 5.74) is 7.86. The zero-order valence-corrected chi connectivity index (χ0v) is 7.10. The van der Waals surface area contributed by atoms with Gasteiger partial charge in [-0.2, -0.15) is 0 Å². The van der Waals surface area contributed by atoms with Crippen LogP contribution in [0.1, 0.15) is 17.2 Å². The topological polar surface area (TPSA) is 63.3 Å². The highest BCUT2D eigenvalue weighted by Gasteiger charge is 2.34. The molecule has 2 rings (SSSR count). The van der Waals surface area contributed by atoms with Gasteiger partial charge in [0, 0.05) is 6.04 Å². The Labute approximate surface area is 76.2 Å². The summed E-state index contributed by atoms with van der Waals surface area (Å²) in [5.74, 6) is -1.25.